The van der Waals surface area contributed by atoms with Crippen LogP contribution in [0.1, 0.15) is 31.4 Å². The van der Waals surface area contributed by atoms with E-state index in [-0.39, 0.29) is 5.41 Å². The molecule has 0 aliphatic heterocycles. The van der Waals surface area contributed by atoms with Gasteiger partial charge in [0.1, 0.15) is 0 Å². The van der Waals surface area contributed by atoms with Crippen molar-refractivity contribution in [2.75, 3.05) is 0 Å². The zero-order chi connectivity index (χ0) is 13.7. The molecular weight excluding hydrogens is 234 g/mol. The number of benzene rings is 2. The summed E-state index contributed by atoms with van der Waals surface area (Å²) in [5.41, 5.74) is 2.53. The highest BCUT2D eigenvalue weighted by Gasteiger charge is 2.32. The number of nitrogens with zero attached hydrogens (tertiary/aromatic N) is 1. The lowest BCUT2D eigenvalue weighted by molar-refractivity contribution is 0.313. The molecule has 98 valence electrons. The third-order valence-corrected chi connectivity index (χ3v) is 3.79. The molecule has 0 heterocycles. The first kappa shape index (κ1) is 13.3. The minimum atomic E-state index is -0.294. The van der Waals surface area contributed by atoms with Crippen molar-refractivity contribution in [3.8, 4) is 0 Å². The van der Waals surface area contributed by atoms with Gasteiger partial charge in [-0.25, -0.2) is 0 Å². The summed E-state index contributed by atoms with van der Waals surface area (Å²) in [6, 6.07) is 20.0. The predicted molar refractivity (Wildman–Crippen MR) is 78.9 cm³/mol. The van der Waals surface area contributed by atoms with Crippen LogP contribution in [-0.2, 0) is 5.41 Å². The van der Waals surface area contributed by atoms with Gasteiger partial charge in [-0.2, -0.15) is 0 Å². The average Bonchev–Trinajstić information content (AvgIpc) is 2.49. The van der Waals surface area contributed by atoms with E-state index in [1.807, 2.05) is 48.5 Å². The topological polar surface area (TPSA) is 32.6 Å². The minimum Gasteiger partial charge on any atom is -0.411 e. The van der Waals surface area contributed by atoms with Gasteiger partial charge >= 0.3 is 0 Å². The highest BCUT2D eigenvalue weighted by molar-refractivity contribution is 6.07. The Bertz CT molecular complexity index is 548. The molecule has 0 spiro atoms. The summed E-state index contributed by atoms with van der Waals surface area (Å²) in [6.45, 7) is 4.23. The molecule has 0 radical (unpaired) electrons. The summed E-state index contributed by atoms with van der Waals surface area (Å²) < 4.78 is 0. The van der Waals surface area contributed by atoms with Crippen molar-refractivity contribution in [3.05, 3.63) is 71.8 Å². The van der Waals surface area contributed by atoms with Crippen molar-refractivity contribution in [1.82, 2.24) is 0 Å². The van der Waals surface area contributed by atoms with E-state index in [2.05, 4.69) is 31.1 Å². The number of hydrogen-bond donors (Lipinski definition) is 1. The van der Waals surface area contributed by atoms with E-state index in [9.17, 15) is 5.21 Å². The van der Waals surface area contributed by atoms with Crippen LogP contribution < -0.4 is 0 Å². The Balaban J connectivity index is 2.52. The van der Waals surface area contributed by atoms with Crippen LogP contribution in [0, 0.1) is 0 Å². The van der Waals surface area contributed by atoms with Crippen molar-refractivity contribution in [1.29, 1.82) is 0 Å². The van der Waals surface area contributed by atoms with Gasteiger partial charge in [0.2, 0.25) is 0 Å². The fourth-order valence-electron chi connectivity index (χ4n) is 2.40. The van der Waals surface area contributed by atoms with Crippen LogP contribution in [0.4, 0.5) is 0 Å². The van der Waals surface area contributed by atoms with Crippen molar-refractivity contribution < 1.29 is 5.21 Å². The summed E-state index contributed by atoms with van der Waals surface area (Å²) in [7, 11) is 0. The Hall–Kier alpha value is -2.09. The fraction of sp³-hybridized carbons (Fsp3) is 0.235. The molecule has 0 aliphatic rings. The Morgan fingerprint density at radius 2 is 1.53 bits per heavy atom. The van der Waals surface area contributed by atoms with Crippen molar-refractivity contribution in [2.24, 2.45) is 5.16 Å². The molecule has 0 aliphatic carbocycles. The summed E-state index contributed by atoms with van der Waals surface area (Å²) in [5, 5.41) is 13.1. The number of hydrogen-bond acceptors (Lipinski definition) is 2. The predicted octanol–water partition coefficient (Wildman–Crippen LogP) is 4.23. The van der Waals surface area contributed by atoms with Crippen LogP contribution in [0.5, 0.6) is 0 Å². The van der Waals surface area contributed by atoms with E-state index < -0.39 is 0 Å². The SMILES string of the molecule is CC[C@@](C)(/C(=N\O)c1ccccc1)c1ccccc1. The third-order valence-electron chi connectivity index (χ3n) is 3.79. The molecule has 2 heteroatoms. The fourth-order valence-corrected chi connectivity index (χ4v) is 2.40. The van der Waals surface area contributed by atoms with E-state index >= 15 is 0 Å². The molecule has 1 N–H and O–H groups in total. The first-order valence-corrected chi connectivity index (χ1v) is 6.56. The second-order valence-corrected chi connectivity index (χ2v) is 4.87. The molecule has 0 unspecified atom stereocenters. The van der Waals surface area contributed by atoms with Gasteiger partial charge in [-0.3, -0.25) is 0 Å². The molecule has 2 aromatic rings. The molecule has 2 rings (SSSR count). The van der Waals surface area contributed by atoms with Gasteiger partial charge in [0, 0.05) is 11.0 Å². The lowest BCUT2D eigenvalue weighted by Gasteiger charge is -2.30. The molecule has 2 nitrogen and oxygen atoms in total. The minimum absolute atomic E-state index is 0.294. The van der Waals surface area contributed by atoms with Gasteiger partial charge in [0.05, 0.1) is 5.71 Å². The molecule has 0 aromatic heterocycles. The van der Waals surface area contributed by atoms with Crippen LogP contribution in [0.2, 0.25) is 0 Å². The van der Waals surface area contributed by atoms with Gasteiger partial charge in [0.25, 0.3) is 0 Å². The molecule has 0 bridgehead atoms. The Kier molecular flexibility index (Phi) is 4.00. The molecule has 0 saturated heterocycles. The first-order valence-electron chi connectivity index (χ1n) is 6.56. The maximum Gasteiger partial charge on any atom is 0.0970 e. The highest BCUT2D eigenvalue weighted by Crippen LogP contribution is 2.32. The summed E-state index contributed by atoms with van der Waals surface area (Å²) in [5.74, 6) is 0. The van der Waals surface area contributed by atoms with Gasteiger partial charge in [-0.15, -0.1) is 0 Å². The summed E-state index contributed by atoms with van der Waals surface area (Å²) in [4.78, 5) is 0. The van der Waals surface area contributed by atoms with E-state index in [4.69, 9.17) is 0 Å². The summed E-state index contributed by atoms with van der Waals surface area (Å²) >= 11 is 0. The normalized spacial score (nSPS) is 14.9. The van der Waals surface area contributed by atoms with E-state index in [0.717, 1.165) is 17.5 Å². The monoisotopic (exact) mass is 253 g/mol. The molecular formula is C17H19NO. The largest absolute Gasteiger partial charge is 0.411 e. The van der Waals surface area contributed by atoms with Crippen LogP contribution in [0.25, 0.3) is 0 Å². The lowest BCUT2D eigenvalue weighted by Crippen LogP contribution is -2.32. The van der Waals surface area contributed by atoms with Gasteiger partial charge in [-0.05, 0) is 18.9 Å². The third kappa shape index (κ3) is 2.53. The van der Waals surface area contributed by atoms with Crippen LogP contribution in [0.15, 0.2) is 65.8 Å². The van der Waals surface area contributed by atoms with Gasteiger partial charge < -0.3 is 5.21 Å². The molecule has 0 amide bonds. The highest BCUT2D eigenvalue weighted by atomic mass is 16.4. The van der Waals surface area contributed by atoms with Gasteiger partial charge in [-0.1, -0.05) is 72.7 Å². The van der Waals surface area contributed by atoms with E-state index in [1.54, 1.807) is 0 Å². The van der Waals surface area contributed by atoms with E-state index in [0.29, 0.717) is 5.71 Å². The smallest absolute Gasteiger partial charge is 0.0970 e. The van der Waals surface area contributed by atoms with Crippen molar-refractivity contribution in [2.45, 2.75) is 25.7 Å². The Labute approximate surface area is 114 Å². The standard InChI is InChI=1S/C17H19NO/c1-3-17(2,15-12-8-5-9-13-15)16(18-19)14-10-6-4-7-11-14/h4-13,19H,3H2,1-2H3/b18-16-/t17-/m1/s1. The Morgan fingerprint density at radius 3 is 2.00 bits per heavy atom. The molecule has 2 aromatic carbocycles. The Morgan fingerprint density at radius 1 is 1.00 bits per heavy atom. The van der Waals surface area contributed by atoms with Crippen LogP contribution in [-0.4, -0.2) is 10.9 Å². The van der Waals surface area contributed by atoms with Crippen LogP contribution in [0.3, 0.4) is 0 Å². The van der Waals surface area contributed by atoms with Crippen molar-refractivity contribution >= 4 is 5.71 Å². The van der Waals surface area contributed by atoms with Crippen LogP contribution >= 0.6 is 0 Å². The zero-order valence-corrected chi connectivity index (χ0v) is 11.4. The van der Waals surface area contributed by atoms with Crippen molar-refractivity contribution in [3.63, 3.8) is 0 Å². The summed E-state index contributed by atoms with van der Waals surface area (Å²) in [6.07, 6.45) is 0.866. The number of oxime groups is 1. The maximum absolute atomic E-state index is 9.50. The lowest BCUT2D eigenvalue weighted by atomic mass is 9.73. The first-order chi connectivity index (χ1) is 9.22. The average molecular weight is 253 g/mol. The zero-order valence-electron chi connectivity index (χ0n) is 11.4. The maximum atomic E-state index is 9.50. The second-order valence-electron chi connectivity index (χ2n) is 4.87. The quantitative estimate of drug-likeness (QED) is 0.493. The number of rotatable bonds is 4. The second kappa shape index (κ2) is 5.70. The molecule has 1 atom stereocenters. The molecule has 19 heavy (non-hydrogen) atoms. The molecule has 0 fully saturated rings. The van der Waals surface area contributed by atoms with Gasteiger partial charge in [0.15, 0.2) is 0 Å². The molecule has 0 saturated carbocycles. The van der Waals surface area contributed by atoms with E-state index in [1.165, 1.54) is 0 Å².